The van der Waals surface area contributed by atoms with E-state index in [0.717, 1.165) is 12.1 Å². The van der Waals surface area contributed by atoms with Gasteiger partial charge in [0.05, 0.1) is 6.42 Å². The lowest BCUT2D eigenvalue weighted by Crippen LogP contribution is -2.16. The average Bonchev–Trinajstić information content (AvgIpc) is 3.11. The molecule has 0 aliphatic carbocycles. The number of carboxylic acid groups (broad SMARTS) is 1. The molecule has 0 spiro atoms. The van der Waals surface area contributed by atoms with Crippen molar-refractivity contribution in [3.8, 4) is 17.1 Å². The van der Waals surface area contributed by atoms with Gasteiger partial charge >= 0.3 is 12.3 Å². The number of hydrogen-bond acceptors (Lipinski definition) is 4. The van der Waals surface area contributed by atoms with Gasteiger partial charge in [-0.2, -0.15) is 0 Å². The highest BCUT2D eigenvalue weighted by Crippen LogP contribution is 2.28. The number of carbonyl (C=O) groups excluding carboxylic acids is 1. The van der Waals surface area contributed by atoms with Crippen molar-refractivity contribution in [3.05, 3.63) is 72.0 Å². The quantitative estimate of drug-likeness (QED) is 0.619. The molecular formula is C20H14F3NO5. The molecule has 2 aromatic carbocycles. The Bertz CT molecular complexity index is 1030. The van der Waals surface area contributed by atoms with E-state index in [1.807, 2.05) is 0 Å². The number of anilines is 1. The first-order chi connectivity index (χ1) is 13.7. The lowest BCUT2D eigenvalue weighted by Gasteiger charge is -2.08. The van der Waals surface area contributed by atoms with E-state index in [4.69, 9.17) is 9.52 Å². The van der Waals surface area contributed by atoms with Gasteiger partial charge in [0, 0.05) is 11.3 Å². The van der Waals surface area contributed by atoms with Crippen LogP contribution in [0.2, 0.25) is 0 Å². The van der Waals surface area contributed by atoms with E-state index in [0.29, 0.717) is 16.8 Å². The van der Waals surface area contributed by atoms with Crippen LogP contribution in [0.3, 0.4) is 0 Å². The molecule has 1 heterocycles. The minimum absolute atomic E-state index is 0.0146. The van der Waals surface area contributed by atoms with Crippen LogP contribution in [0.25, 0.3) is 11.3 Å². The smallest absolute Gasteiger partial charge is 0.481 e. The molecular weight excluding hydrogens is 391 g/mol. The van der Waals surface area contributed by atoms with Crippen LogP contribution in [0.1, 0.15) is 16.1 Å². The maximum absolute atomic E-state index is 12.3. The molecule has 0 atom stereocenters. The molecule has 0 saturated heterocycles. The fourth-order valence-electron chi connectivity index (χ4n) is 2.56. The summed E-state index contributed by atoms with van der Waals surface area (Å²) in [6, 6.07) is 14.3. The summed E-state index contributed by atoms with van der Waals surface area (Å²) in [6.45, 7) is 0. The van der Waals surface area contributed by atoms with Crippen LogP contribution in [-0.4, -0.2) is 23.3 Å². The zero-order chi connectivity index (χ0) is 21.0. The van der Waals surface area contributed by atoms with Gasteiger partial charge < -0.3 is 19.6 Å². The van der Waals surface area contributed by atoms with E-state index < -0.39 is 18.2 Å². The number of benzene rings is 2. The van der Waals surface area contributed by atoms with Gasteiger partial charge in [0.15, 0.2) is 5.76 Å². The van der Waals surface area contributed by atoms with Gasteiger partial charge in [-0.15, -0.1) is 13.2 Å². The number of amides is 1. The molecule has 29 heavy (non-hydrogen) atoms. The second-order valence-corrected chi connectivity index (χ2v) is 5.96. The summed E-state index contributed by atoms with van der Waals surface area (Å²) in [6.07, 6.45) is -4.96. The van der Waals surface area contributed by atoms with Crippen LogP contribution in [0, 0.1) is 0 Å². The van der Waals surface area contributed by atoms with E-state index in [1.165, 1.54) is 30.3 Å². The first kappa shape index (κ1) is 20.0. The van der Waals surface area contributed by atoms with Crippen molar-refractivity contribution in [1.29, 1.82) is 0 Å². The first-order valence-electron chi connectivity index (χ1n) is 8.28. The average molecular weight is 405 g/mol. The van der Waals surface area contributed by atoms with Crippen molar-refractivity contribution in [2.45, 2.75) is 12.8 Å². The molecule has 2 N–H and O–H groups in total. The number of nitrogens with one attached hydrogen (secondary N) is 1. The van der Waals surface area contributed by atoms with Crippen LogP contribution in [0.15, 0.2) is 65.1 Å². The summed E-state index contributed by atoms with van der Waals surface area (Å²) in [4.78, 5) is 23.1. The highest BCUT2D eigenvalue weighted by molar-refractivity contribution is 6.02. The summed E-state index contributed by atoms with van der Waals surface area (Å²) in [5.41, 5.74) is 1.39. The summed E-state index contributed by atoms with van der Waals surface area (Å²) < 4.78 is 45.9. The maximum atomic E-state index is 12.3. The molecule has 0 aliphatic heterocycles. The molecule has 1 amide bonds. The molecule has 0 bridgehead atoms. The second kappa shape index (κ2) is 8.09. The predicted octanol–water partition coefficient (Wildman–Crippen LogP) is 4.72. The SMILES string of the molecule is O=C(O)Cc1cccc(NC(=O)c2ccc(-c3ccc(OC(F)(F)F)cc3)o2)c1. The lowest BCUT2D eigenvalue weighted by atomic mass is 10.1. The normalized spacial score (nSPS) is 11.1. The molecule has 0 saturated carbocycles. The van der Waals surface area contributed by atoms with Gasteiger partial charge in [-0.3, -0.25) is 9.59 Å². The van der Waals surface area contributed by atoms with Crippen LogP contribution < -0.4 is 10.1 Å². The highest BCUT2D eigenvalue weighted by atomic mass is 19.4. The number of aliphatic carboxylic acids is 1. The van der Waals surface area contributed by atoms with E-state index >= 15 is 0 Å². The summed E-state index contributed by atoms with van der Waals surface area (Å²) >= 11 is 0. The summed E-state index contributed by atoms with van der Waals surface area (Å²) in [5, 5.41) is 11.4. The fourth-order valence-corrected chi connectivity index (χ4v) is 2.56. The fraction of sp³-hybridized carbons (Fsp3) is 0.100. The zero-order valence-corrected chi connectivity index (χ0v) is 14.7. The predicted molar refractivity (Wildman–Crippen MR) is 96.6 cm³/mol. The monoisotopic (exact) mass is 405 g/mol. The van der Waals surface area contributed by atoms with Crippen LogP contribution in [0.4, 0.5) is 18.9 Å². The Balaban J connectivity index is 1.69. The Morgan fingerprint density at radius 2 is 1.76 bits per heavy atom. The molecule has 0 aliphatic rings. The van der Waals surface area contributed by atoms with Gasteiger partial charge in [0.1, 0.15) is 11.5 Å². The minimum Gasteiger partial charge on any atom is -0.481 e. The number of alkyl halides is 3. The molecule has 150 valence electrons. The zero-order valence-electron chi connectivity index (χ0n) is 14.7. The Labute approximate surface area is 162 Å². The topological polar surface area (TPSA) is 88.8 Å². The van der Waals surface area contributed by atoms with Gasteiger partial charge in [0.2, 0.25) is 0 Å². The highest BCUT2D eigenvalue weighted by Gasteiger charge is 2.31. The largest absolute Gasteiger partial charge is 0.573 e. The van der Waals surface area contributed by atoms with Crippen molar-refractivity contribution in [1.82, 2.24) is 0 Å². The number of halogens is 3. The van der Waals surface area contributed by atoms with Crippen molar-refractivity contribution < 1.29 is 37.0 Å². The summed E-state index contributed by atoms with van der Waals surface area (Å²) in [7, 11) is 0. The van der Waals surface area contributed by atoms with Crippen LogP contribution >= 0.6 is 0 Å². The standard InChI is InChI=1S/C20H14F3NO5/c21-20(22,23)29-15-6-4-13(5-7-15)16-8-9-17(28-16)19(27)24-14-3-1-2-12(10-14)11-18(25)26/h1-10H,11H2,(H,24,27)(H,25,26). The van der Waals surface area contributed by atoms with Crippen LogP contribution in [-0.2, 0) is 11.2 Å². The number of hydrogen-bond donors (Lipinski definition) is 2. The molecule has 1 aromatic heterocycles. The molecule has 0 unspecified atom stereocenters. The van der Waals surface area contributed by atoms with Gasteiger partial charge in [0.25, 0.3) is 5.91 Å². The lowest BCUT2D eigenvalue weighted by molar-refractivity contribution is -0.274. The third-order valence-corrected chi connectivity index (χ3v) is 3.74. The Morgan fingerprint density at radius 1 is 1.03 bits per heavy atom. The number of rotatable bonds is 6. The number of carboxylic acids is 1. The maximum Gasteiger partial charge on any atom is 0.573 e. The Kier molecular flexibility index (Phi) is 5.58. The Morgan fingerprint density at radius 3 is 2.41 bits per heavy atom. The van der Waals surface area contributed by atoms with Gasteiger partial charge in [-0.25, -0.2) is 0 Å². The Hall–Kier alpha value is -3.75. The van der Waals surface area contributed by atoms with Gasteiger partial charge in [-0.05, 0) is 54.1 Å². The van der Waals surface area contributed by atoms with Gasteiger partial charge in [-0.1, -0.05) is 12.1 Å². The van der Waals surface area contributed by atoms with E-state index in [9.17, 15) is 22.8 Å². The van der Waals surface area contributed by atoms with Crippen molar-refractivity contribution in [2.75, 3.05) is 5.32 Å². The molecule has 6 nitrogen and oxygen atoms in total. The number of carbonyl (C=O) groups is 2. The number of ether oxygens (including phenoxy) is 1. The van der Waals surface area contributed by atoms with Crippen LogP contribution in [0.5, 0.6) is 5.75 Å². The number of furan rings is 1. The third kappa shape index (κ3) is 5.61. The molecule has 3 rings (SSSR count). The molecule has 3 aromatic rings. The molecule has 0 radical (unpaired) electrons. The molecule has 0 fully saturated rings. The first-order valence-corrected chi connectivity index (χ1v) is 8.28. The van der Waals surface area contributed by atoms with E-state index in [1.54, 1.807) is 18.2 Å². The van der Waals surface area contributed by atoms with Crippen molar-refractivity contribution in [3.63, 3.8) is 0 Å². The van der Waals surface area contributed by atoms with Crippen molar-refractivity contribution in [2.24, 2.45) is 0 Å². The third-order valence-electron chi connectivity index (χ3n) is 3.74. The van der Waals surface area contributed by atoms with E-state index in [2.05, 4.69) is 10.1 Å². The second-order valence-electron chi connectivity index (χ2n) is 5.96. The molecule has 9 heteroatoms. The minimum atomic E-state index is -4.78. The van der Waals surface area contributed by atoms with Crippen molar-refractivity contribution >= 4 is 17.6 Å². The summed E-state index contributed by atoms with van der Waals surface area (Å²) in [5.74, 6) is -1.64. The van der Waals surface area contributed by atoms with E-state index in [-0.39, 0.29) is 23.7 Å².